The summed E-state index contributed by atoms with van der Waals surface area (Å²) in [5.41, 5.74) is 14.7. The lowest BCUT2D eigenvalue weighted by atomic mass is 9.98. The molecule has 0 atom stereocenters. The number of hydrogen-bond acceptors (Lipinski definition) is 3. The number of anilines is 3. The van der Waals surface area contributed by atoms with Gasteiger partial charge < -0.3 is 18.3 Å². The van der Waals surface area contributed by atoms with Crippen molar-refractivity contribution in [2.75, 3.05) is 4.90 Å². The smallest absolute Gasteiger partial charge is 0.143 e. The van der Waals surface area contributed by atoms with Crippen LogP contribution in [-0.4, -0.2) is 4.57 Å². The van der Waals surface area contributed by atoms with Crippen molar-refractivity contribution in [1.82, 2.24) is 4.57 Å². The fraction of sp³-hybridized carbons (Fsp3) is 0. The van der Waals surface area contributed by atoms with Crippen molar-refractivity contribution in [3.05, 3.63) is 218 Å². The van der Waals surface area contributed by atoms with Crippen LogP contribution in [0.3, 0.4) is 0 Å². The Kier molecular flexibility index (Phi) is 7.57. The van der Waals surface area contributed by atoms with Crippen molar-refractivity contribution in [3.8, 4) is 27.9 Å². The highest BCUT2D eigenvalue weighted by Crippen LogP contribution is 2.48. The summed E-state index contributed by atoms with van der Waals surface area (Å²) in [7, 11) is 0. The van der Waals surface area contributed by atoms with Crippen LogP contribution < -0.4 is 4.90 Å². The van der Waals surface area contributed by atoms with Crippen molar-refractivity contribution in [2.45, 2.75) is 0 Å². The highest BCUT2D eigenvalue weighted by molar-refractivity contribution is 6.20. The molecule has 290 valence electrons. The van der Waals surface area contributed by atoms with E-state index in [0.717, 1.165) is 99.7 Å². The second-order valence-corrected chi connectivity index (χ2v) is 16.0. The van der Waals surface area contributed by atoms with E-state index in [2.05, 4.69) is 216 Å². The normalized spacial score (nSPS) is 11.9. The van der Waals surface area contributed by atoms with Crippen LogP contribution >= 0.6 is 0 Å². The number of para-hydroxylation sites is 5. The molecule has 0 aliphatic heterocycles. The van der Waals surface area contributed by atoms with Gasteiger partial charge in [0.1, 0.15) is 22.3 Å². The zero-order chi connectivity index (χ0) is 40.7. The Morgan fingerprint density at radius 2 is 0.968 bits per heavy atom. The molecular weight excluding hydrogens is 757 g/mol. The Balaban J connectivity index is 1.02. The van der Waals surface area contributed by atoms with Crippen molar-refractivity contribution >= 4 is 93.5 Å². The average molecular weight is 793 g/mol. The van der Waals surface area contributed by atoms with E-state index >= 15 is 0 Å². The summed E-state index contributed by atoms with van der Waals surface area (Å²) < 4.78 is 15.4. The summed E-state index contributed by atoms with van der Waals surface area (Å²) in [5, 5.41) is 9.11. The molecule has 0 saturated carbocycles. The molecule has 0 bridgehead atoms. The molecule has 0 aliphatic rings. The molecule has 0 unspecified atom stereocenters. The lowest BCUT2D eigenvalue weighted by Gasteiger charge is -2.29. The van der Waals surface area contributed by atoms with Crippen LogP contribution in [0.25, 0.3) is 104 Å². The number of rotatable bonds is 6. The van der Waals surface area contributed by atoms with Crippen molar-refractivity contribution in [2.24, 2.45) is 0 Å². The predicted octanol–water partition coefficient (Wildman–Crippen LogP) is 16.5. The Labute approximate surface area is 356 Å². The maximum Gasteiger partial charge on any atom is 0.143 e. The molecule has 4 heteroatoms. The average Bonchev–Trinajstić information content (AvgIpc) is 4.02. The first-order valence-electron chi connectivity index (χ1n) is 21.1. The number of furan rings is 2. The number of nitrogens with zero attached hydrogens (tertiary/aromatic N) is 2. The molecule has 10 aromatic carbocycles. The lowest BCUT2D eigenvalue weighted by Crippen LogP contribution is -2.11. The fourth-order valence-electron chi connectivity index (χ4n) is 9.82. The van der Waals surface area contributed by atoms with Gasteiger partial charge in [0.2, 0.25) is 0 Å². The standard InChI is InChI=1S/C58H36N2O2/c1-2-17-43-37(14-1)30-34-47-57-53(25-13-27-56(57)62-58(43)47)59(49-21-8-4-16-42(49)39-31-35-55-48(36-39)46-20-7-12-26-54(46)61-55)40-32-28-38(29-33-40)41-15-3-9-22-50(41)60-51-23-10-5-18-44(51)45-19-6-11-24-52(45)60/h1-36H. The molecule has 0 N–H and O–H groups in total. The molecule has 3 heterocycles. The first-order chi connectivity index (χ1) is 30.8. The Morgan fingerprint density at radius 1 is 0.355 bits per heavy atom. The molecule has 0 radical (unpaired) electrons. The van der Waals surface area contributed by atoms with Gasteiger partial charge in [0.15, 0.2) is 0 Å². The summed E-state index contributed by atoms with van der Waals surface area (Å²) in [5.74, 6) is 0. The van der Waals surface area contributed by atoms with E-state index in [-0.39, 0.29) is 0 Å². The van der Waals surface area contributed by atoms with Gasteiger partial charge in [-0.1, -0.05) is 146 Å². The molecule has 3 aromatic heterocycles. The summed E-state index contributed by atoms with van der Waals surface area (Å²) in [4.78, 5) is 2.40. The SMILES string of the molecule is c1ccc(N(c2ccc(-c3ccccc3-n3c4ccccc4c4ccccc43)cc2)c2cccc3oc4c5ccccc5ccc4c23)c(-c2ccc3oc4ccccc4c3c2)c1. The third-order valence-corrected chi connectivity index (χ3v) is 12.6. The second-order valence-electron chi connectivity index (χ2n) is 16.0. The highest BCUT2D eigenvalue weighted by Gasteiger charge is 2.24. The van der Waals surface area contributed by atoms with Gasteiger partial charge in [0.05, 0.1) is 33.5 Å². The van der Waals surface area contributed by atoms with E-state index in [4.69, 9.17) is 8.83 Å². The van der Waals surface area contributed by atoms with Crippen molar-refractivity contribution in [3.63, 3.8) is 0 Å². The maximum absolute atomic E-state index is 6.77. The molecule has 0 saturated heterocycles. The minimum Gasteiger partial charge on any atom is -0.456 e. The molecule has 0 amide bonds. The molecule has 13 rings (SSSR count). The van der Waals surface area contributed by atoms with Crippen LogP contribution in [0.2, 0.25) is 0 Å². The molecule has 0 fully saturated rings. The van der Waals surface area contributed by atoms with E-state index in [9.17, 15) is 0 Å². The van der Waals surface area contributed by atoms with E-state index < -0.39 is 0 Å². The van der Waals surface area contributed by atoms with E-state index in [1.54, 1.807) is 0 Å². The van der Waals surface area contributed by atoms with Gasteiger partial charge in [-0.25, -0.2) is 0 Å². The summed E-state index contributed by atoms with van der Waals surface area (Å²) in [6, 6.07) is 78.0. The number of aromatic nitrogens is 1. The first kappa shape index (κ1) is 34.5. The maximum atomic E-state index is 6.77. The van der Waals surface area contributed by atoms with Gasteiger partial charge in [0.25, 0.3) is 0 Å². The van der Waals surface area contributed by atoms with Crippen LogP contribution in [0.4, 0.5) is 17.1 Å². The molecule has 0 aliphatic carbocycles. The fourth-order valence-corrected chi connectivity index (χ4v) is 9.82. The van der Waals surface area contributed by atoms with Crippen molar-refractivity contribution < 1.29 is 8.83 Å². The zero-order valence-electron chi connectivity index (χ0n) is 33.5. The van der Waals surface area contributed by atoms with Crippen molar-refractivity contribution in [1.29, 1.82) is 0 Å². The first-order valence-corrected chi connectivity index (χ1v) is 21.1. The molecule has 4 nitrogen and oxygen atoms in total. The minimum atomic E-state index is 0.847. The van der Waals surface area contributed by atoms with Gasteiger partial charge in [-0.15, -0.1) is 0 Å². The van der Waals surface area contributed by atoms with E-state index in [1.165, 1.54) is 21.8 Å². The third-order valence-electron chi connectivity index (χ3n) is 12.6. The Morgan fingerprint density at radius 3 is 1.79 bits per heavy atom. The van der Waals surface area contributed by atoms with E-state index in [1.807, 2.05) is 12.1 Å². The lowest BCUT2D eigenvalue weighted by molar-refractivity contribution is 0.669. The number of hydrogen-bond donors (Lipinski definition) is 0. The quantitative estimate of drug-likeness (QED) is 0.168. The third kappa shape index (κ3) is 5.20. The van der Waals surface area contributed by atoms with Gasteiger partial charge in [-0.3, -0.25) is 0 Å². The number of benzene rings is 10. The minimum absolute atomic E-state index is 0.847. The topological polar surface area (TPSA) is 34.5 Å². The predicted molar refractivity (Wildman–Crippen MR) is 258 cm³/mol. The van der Waals surface area contributed by atoms with Gasteiger partial charge in [0, 0.05) is 49.1 Å². The van der Waals surface area contributed by atoms with Crippen LogP contribution in [-0.2, 0) is 0 Å². The summed E-state index contributed by atoms with van der Waals surface area (Å²) in [6.07, 6.45) is 0. The molecule has 0 spiro atoms. The van der Waals surface area contributed by atoms with Crippen LogP contribution in [0, 0.1) is 0 Å². The zero-order valence-corrected chi connectivity index (χ0v) is 33.5. The largest absolute Gasteiger partial charge is 0.456 e. The molecule has 62 heavy (non-hydrogen) atoms. The van der Waals surface area contributed by atoms with Crippen LogP contribution in [0.15, 0.2) is 227 Å². The van der Waals surface area contributed by atoms with E-state index in [0.29, 0.717) is 0 Å². The van der Waals surface area contributed by atoms with Gasteiger partial charge in [-0.2, -0.15) is 0 Å². The van der Waals surface area contributed by atoms with Crippen LogP contribution in [0.1, 0.15) is 0 Å². The second kappa shape index (κ2) is 13.6. The van der Waals surface area contributed by atoms with Gasteiger partial charge in [-0.05, 0) is 89.3 Å². The molecular formula is C58H36N2O2. The summed E-state index contributed by atoms with van der Waals surface area (Å²) in [6.45, 7) is 0. The van der Waals surface area contributed by atoms with Crippen LogP contribution in [0.5, 0.6) is 0 Å². The highest BCUT2D eigenvalue weighted by atomic mass is 16.3. The monoisotopic (exact) mass is 792 g/mol. The number of fused-ring (bicyclic) bond motifs is 11. The van der Waals surface area contributed by atoms with Gasteiger partial charge >= 0.3 is 0 Å². The Hall–Kier alpha value is -8.34. The summed E-state index contributed by atoms with van der Waals surface area (Å²) >= 11 is 0. The Bertz CT molecular complexity index is 3830. The molecule has 13 aromatic rings.